The topological polar surface area (TPSA) is 38.5 Å². The highest BCUT2D eigenvalue weighted by atomic mass is 16.5. The Hall–Kier alpha value is -3.84. The number of hydrogen-bond acceptors (Lipinski definition) is 3. The van der Waals surface area contributed by atoms with Crippen molar-refractivity contribution in [1.82, 2.24) is 0 Å². The van der Waals surface area contributed by atoms with E-state index in [1.165, 1.54) is 28.1 Å². The number of carbonyl (C=O) groups excluding carboxylic acids is 1. The van der Waals surface area contributed by atoms with Crippen LogP contribution >= 0.6 is 0 Å². The summed E-state index contributed by atoms with van der Waals surface area (Å²) in [6, 6.07) is 14.4. The van der Waals surface area contributed by atoms with Gasteiger partial charge in [0, 0.05) is 42.2 Å². The van der Waals surface area contributed by atoms with E-state index in [1.807, 2.05) is 18.2 Å². The van der Waals surface area contributed by atoms with Crippen molar-refractivity contribution >= 4 is 23.4 Å². The minimum absolute atomic E-state index is 0.0610. The molecule has 0 amide bonds. The lowest BCUT2D eigenvalue weighted by atomic mass is 9.81. The molecule has 0 bridgehead atoms. The first kappa shape index (κ1) is 24.5. The summed E-state index contributed by atoms with van der Waals surface area (Å²) in [6.07, 6.45) is 18.9. The van der Waals surface area contributed by atoms with E-state index >= 15 is 0 Å². The molecule has 2 heterocycles. The van der Waals surface area contributed by atoms with Crippen molar-refractivity contribution in [3.8, 4) is 23.8 Å². The number of carbonyl (C=O) groups is 1. The SMILES string of the molecule is C#CCCC[N+]1=C(/C=C/C2=C3Oc4cc(OC(=O)C5CC5)ccc4C=C3CCC2)C(C)(C)c2ccccc21. The Morgan fingerprint density at radius 1 is 1.18 bits per heavy atom. The van der Waals surface area contributed by atoms with Gasteiger partial charge in [0.15, 0.2) is 5.71 Å². The minimum atomic E-state index is -0.138. The average Bonchev–Trinajstić information content (AvgIpc) is 3.74. The van der Waals surface area contributed by atoms with Crippen LogP contribution in [0.2, 0.25) is 0 Å². The number of unbranched alkanes of at least 4 members (excludes halogenated alkanes) is 1. The molecule has 0 unspecified atom stereocenters. The van der Waals surface area contributed by atoms with Crippen molar-refractivity contribution in [2.45, 2.75) is 64.2 Å². The number of para-hydroxylation sites is 1. The zero-order chi connectivity index (χ0) is 26.3. The summed E-state index contributed by atoms with van der Waals surface area (Å²) in [5.74, 6) is 4.95. The third kappa shape index (κ3) is 4.52. The molecule has 4 nitrogen and oxygen atoms in total. The van der Waals surface area contributed by atoms with Crippen molar-refractivity contribution < 1.29 is 18.8 Å². The molecule has 0 N–H and O–H groups in total. The minimum Gasteiger partial charge on any atom is -0.456 e. The summed E-state index contributed by atoms with van der Waals surface area (Å²) in [6.45, 7) is 5.50. The number of hydrogen-bond donors (Lipinski definition) is 0. The number of terminal acetylenes is 1. The molecule has 1 fully saturated rings. The highest BCUT2D eigenvalue weighted by Gasteiger charge is 2.44. The summed E-state index contributed by atoms with van der Waals surface area (Å²) >= 11 is 0. The maximum atomic E-state index is 12.2. The van der Waals surface area contributed by atoms with E-state index in [4.69, 9.17) is 15.9 Å². The van der Waals surface area contributed by atoms with Crippen LogP contribution in [0.25, 0.3) is 6.08 Å². The first-order chi connectivity index (χ1) is 18.5. The van der Waals surface area contributed by atoms with Crippen LogP contribution in [0.1, 0.15) is 69.9 Å². The van der Waals surface area contributed by atoms with Gasteiger partial charge in [-0.2, -0.15) is 4.58 Å². The van der Waals surface area contributed by atoms with E-state index in [0.717, 1.165) is 68.6 Å². The van der Waals surface area contributed by atoms with Gasteiger partial charge in [-0.3, -0.25) is 4.79 Å². The van der Waals surface area contributed by atoms with Crippen LogP contribution in [0.5, 0.6) is 11.5 Å². The zero-order valence-corrected chi connectivity index (χ0v) is 22.3. The van der Waals surface area contributed by atoms with Crippen LogP contribution in [0.15, 0.2) is 71.5 Å². The monoisotopic (exact) mass is 504 g/mol. The lowest BCUT2D eigenvalue weighted by molar-refractivity contribution is -0.438. The molecular weight excluding hydrogens is 470 g/mol. The number of rotatable bonds is 7. The number of nitrogens with zero attached hydrogens (tertiary/aromatic N) is 1. The van der Waals surface area contributed by atoms with Crippen LogP contribution in [0.3, 0.4) is 0 Å². The molecular formula is C34H34NO3+. The average molecular weight is 505 g/mol. The van der Waals surface area contributed by atoms with Crippen LogP contribution in [-0.4, -0.2) is 22.8 Å². The van der Waals surface area contributed by atoms with Gasteiger partial charge in [0.1, 0.15) is 23.8 Å². The Kier molecular flexibility index (Phi) is 6.32. The van der Waals surface area contributed by atoms with E-state index < -0.39 is 0 Å². The fourth-order valence-corrected chi connectivity index (χ4v) is 5.83. The van der Waals surface area contributed by atoms with Gasteiger partial charge in [0.25, 0.3) is 0 Å². The molecule has 4 aliphatic rings. The molecule has 2 aromatic carbocycles. The Morgan fingerprint density at radius 3 is 2.84 bits per heavy atom. The van der Waals surface area contributed by atoms with Crippen LogP contribution in [-0.2, 0) is 10.2 Å². The molecule has 4 heteroatoms. The molecule has 0 spiro atoms. The van der Waals surface area contributed by atoms with Crippen LogP contribution in [0.4, 0.5) is 5.69 Å². The van der Waals surface area contributed by atoms with E-state index in [1.54, 1.807) is 0 Å². The summed E-state index contributed by atoms with van der Waals surface area (Å²) in [5, 5.41) is 0. The van der Waals surface area contributed by atoms with E-state index in [-0.39, 0.29) is 17.3 Å². The molecule has 2 aromatic rings. The van der Waals surface area contributed by atoms with Crippen molar-refractivity contribution in [3.05, 3.63) is 82.6 Å². The van der Waals surface area contributed by atoms with Crippen molar-refractivity contribution in [2.75, 3.05) is 6.54 Å². The lowest BCUT2D eigenvalue weighted by Gasteiger charge is -2.26. The van der Waals surface area contributed by atoms with Crippen molar-refractivity contribution in [3.63, 3.8) is 0 Å². The molecule has 2 aliphatic carbocycles. The molecule has 6 rings (SSSR count). The second kappa shape index (κ2) is 9.80. The summed E-state index contributed by atoms with van der Waals surface area (Å²) < 4.78 is 14.5. The Morgan fingerprint density at radius 2 is 2.03 bits per heavy atom. The van der Waals surface area contributed by atoms with Gasteiger partial charge in [-0.15, -0.1) is 12.3 Å². The second-order valence-corrected chi connectivity index (χ2v) is 11.2. The third-order valence-electron chi connectivity index (χ3n) is 8.08. The van der Waals surface area contributed by atoms with Crippen LogP contribution < -0.4 is 9.47 Å². The first-order valence-electron chi connectivity index (χ1n) is 13.8. The highest BCUT2D eigenvalue weighted by molar-refractivity contribution is 6.03. The number of allylic oxidation sites excluding steroid dienone is 4. The number of benzene rings is 2. The highest BCUT2D eigenvalue weighted by Crippen LogP contribution is 2.43. The number of fused-ring (bicyclic) bond motifs is 3. The Bertz CT molecular complexity index is 1470. The Labute approximate surface area is 225 Å². The molecule has 192 valence electrons. The first-order valence-corrected chi connectivity index (χ1v) is 13.8. The summed E-state index contributed by atoms with van der Waals surface area (Å²) in [5.41, 5.74) is 7.26. The molecule has 1 saturated carbocycles. The Balaban J connectivity index is 1.33. The van der Waals surface area contributed by atoms with Gasteiger partial charge in [-0.05, 0) is 81.4 Å². The number of ether oxygens (including phenoxy) is 2. The van der Waals surface area contributed by atoms with E-state index in [0.29, 0.717) is 5.75 Å². The van der Waals surface area contributed by atoms with E-state index in [9.17, 15) is 4.79 Å². The predicted molar refractivity (Wildman–Crippen MR) is 151 cm³/mol. The fraction of sp³-hybridized carbons (Fsp3) is 0.353. The maximum absolute atomic E-state index is 12.2. The largest absolute Gasteiger partial charge is 0.456 e. The van der Waals surface area contributed by atoms with Gasteiger partial charge in [0.05, 0.1) is 11.3 Å². The van der Waals surface area contributed by atoms with Gasteiger partial charge in [-0.1, -0.05) is 18.2 Å². The maximum Gasteiger partial charge on any atom is 0.314 e. The van der Waals surface area contributed by atoms with Gasteiger partial charge in [-0.25, -0.2) is 0 Å². The van der Waals surface area contributed by atoms with E-state index in [2.05, 4.69) is 66.8 Å². The normalized spacial score (nSPS) is 19.3. The van der Waals surface area contributed by atoms with Crippen molar-refractivity contribution in [1.29, 1.82) is 0 Å². The predicted octanol–water partition coefficient (Wildman–Crippen LogP) is 7.26. The second-order valence-electron chi connectivity index (χ2n) is 11.2. The van der Waals surface area contributed by atoms with Gasteiger partial charge >= 0.3 is 5.97 Å². The molecule has 2 aliphatic heterocycles. The third-order valence-corrected chi connectivity index (χ3v) is 8.08. The molecule has 38 heavy (non-hydrogen) atoms. The van der Waals surface area contributed by atoms with Gasteiger partial charge < -0.3 is 9.47 Å². The van der Waals surface area contributed by atoms with Crippen LogP contribution in [0, 0.1) is 18.3 Å². The fourth-order valence-electron chi connectivity index (χ4n) is 5.83. The number of esters is 1. The zero-order valence-electron chi connectivity index (χ0n) is 22.3. The van der Waals surface area contributed by atoms with Crippen molar-refractivity contribution in [2.24, 2.45) is 5.92 Å². The molecule has 0 radical (unpaired) electrons. The molecule has 0 saturated heterocycles. The molecule has 0 atom stereocenters. The molecule has 0 aromatic heterocycles. The standard InChI is InChI=1S/C34H34NO3/c1-4-5-8-20-35-29-13-7-6-12-28(29)34(2,3)31(35)19-17-23-10-9-11-26-21-25-16-18-27(22-30(25)38-32(23)26)37-33(36)24-14-15-24/h1,6-7,12-13,16-19,21-22,24H,5,8-11,14-15,20H2,2-3H3/q+1/b19-17+. The lowest BCUT2D eigenvalue weighted by Crippen LogP contribution is -2.28. The van der Waals surface area contributed by atoms with Gasteiger partial charge in [0.2, 0.25) is 5.69 Å². The summed E-state index contributed by atoms with van der Waals surface area (Å²) in [7, 11) is 0. The smallest absolute Gasteiger partial charge is 0.314 e. The summed E-state index contributed by atoms with van der Waals surface area (Å²) in [4.78, 5) is 12.2. The quantitative estimate of drug-likeness (QED) is 0.131.